The first-order valence-electron chi connectivity index (χ1n) is 8.27. The summed E-state index contributed by atoms with van der Waals surface area (Å²) < 4.78 is 5.62. The van der Waals surface area contributed by atoms with Crippen molar-refractivity contribution in [2.75, 3.05) is 6.61 Å². The molecule has 1 aromatic rings. The van der Waals surface area contributed by atoms with Crippen LogP contribution in [-0.2, 0) is 4.79 Å². The Kier molecular flexibility index (Phi) is 5.39. The number of aliphatic imine (C=N–C) groups is 1. The molecule has 0 atom stereocenters. The summed E-state index contributed by atoms with van der Waals surface area (Å²) in [7, 11) is 0. The van der Waals surface area contributed by atoms with Crippen LogP contribution in [0, 0.1) is 0 Å². The molecule has 1 heterocycles. The fourth-order valence-corrected chi connectivity index (χ4v) is 3.78. The lowest BCUT2D eigenvalue weighted by Crippen LogP contribution is -2.22. The average Bonchev–Trinajstić information content (AvgIpc) is 2.90. The number of carbonyl (C=O) groups excluding carboxylic acids is 1. The Labute approximate surface area is 141 Å². The Morgan fingerprint density at radius 3 is 2.87 bits per heavy atom. The van der Waals surface area contributed by atoms with Gasteiger partial charge in [0.1, 0.15) is 5.75 Å². The van der Waals surface area contributed by atoms with Crippen LogP contribution in [0.25, 0.3) is 6.08 Å². The van der Waals surface area contributed by atoms with E-state index in [1.54, 1.807) is 0 Å². The Balaban J connectivity index is 1.76. The van der Waals surface area contributed by atoms with Crippen molar-refractivity contribution in [2.45, 2.75) is 45.1 Å². The van der Waals surface area contributed by atoms with Gasteiger partial charge in [-0.3, -0.25) is 9.79 Å². The Hall–Kier alpha value is -1.75. The number of ether oxygens (including phenoxy) is 1. The van der Waals surface area contributed by atoms with Crippen molar-refractivity contribution >= 4 is 28.9 Å². The van der Waals surface area contributed by atoms with Crippen LogP contribution in [0.2, 0.25) is 0 Å². The lowest BCUT2D eigenvalue weighted by molar-refractivity contribution is -0.115. The largest absolute Gasteiger partial charge is 0.493 e. The van der Waals surface area contributed by atoms with Gasteiger partial charge in [0.2, 0.25) is 0 Å². The van der Waals surface area contributed by atoms with Gasteiger partial charge in [-0.1, -0.05) is 37.5 Å². The van der Waals surface area contributed by atoms with Crippen LogP contribution in [-0.4, -0.2) is 23.7 Å². The monoisotopic (exact) mass is 330 g/mol. The molecule has 0 unspecified atom stereocenters. The van der Waals surface area contributed by atoms with Crippen LogP contribution in [0.1, 0.15) is 44.6 Å². The highest BCUT2D eigenvalue weighted by Crippen LogP contribution is 2.30. The van der Waals surface area contributed by atoms with Crippen molar-refractivity contribution < 1.29 is 9.53 Å². The van der Waals surface area contributed by atoms with Gasteiger partial charge in [0.15, 0.2) is 5.17 Å². The van der Waals surface area contributed by atoms with Gasteiger partial charge in [0.25, 0.3) is 5.91 Å². The summed E-state index contributed by atoms with van der Waals surface area (Å²) >= 11 is 1.43. The molecule has 1 N–H and O–H groups in total. The molecule has 5 heteroatoms. The number of hydrogen-bond donors (Lipinski definition) is 1. The molecule has 0 aromatic heterocycles. The maximum Gasteiger partial charge on any atom is 0.264 e. The van der Waals surface area contributed by atoms with Crippen molar-refractivity contribution in [2.24, 2.45) is 4.99 Å². The number of amides is 1. The second-order valence-electron chi connectivity index (χ2n) is 5.76. The van der Waals surface area contributed by atoms with Gasteiger partial charge in [-0.05, 0) is 43.7 Å². The van der Waals surface area contributed by atoms with Gasteiger partial charge in [0.05, 0.1) is 17.6 Å². The molecule has 0 bridgehead atoms. The van der Waals surface area contributed by atoms with Crippen molar-refractivity contribution in [1.29, 1.82) is 0 Å². The third-order valence-electron chi connectivity index (χ3n) is 4.03. The molecule has 1 amide bonds. The Morgan fingerprint density at radius 1 is 1.30 bits per heavy atom. The molecule has 0 radical (unpaired) electrons. The number of nitrogens with zero attached hydrogens (tertiary/aromatic N) is 1. The van der Waals surface area contributed by atoms with E-state index in [0.29, 0.717) is 17.6 Å². The molecular weight excluding hydrogens is 308 g/mol. The standard InChI is InChI=1S/C18H22N2O2S/c1-2-22-15-11-7-6-8-13(15)12-16-17(21)20-18(23-16)19-14-9-4-3-5-10-14/h6-8,11-12,14H,2-5,9-10H2,1H3,(H,19,20,21). The van der Waals surface area contributed by atoms with Gasteiger partial charge in [0, 0.05) is 5.56 Å². The lowest BCUT2D eigenvalue weighted by atomic mass is 9.96. The van der Waals surface area contributed by atoms with E-state index in [-0.39, 0.29) is 5.91 Å². The molecule has 2 fully saturated rings. The Morgan fingerprint density at radius 2 is 2.09 bits per heavy atom. The summed E-state index contributed by atoms with van der Waals surface area (Å²) in [5, 5.41) is 3.63. The number of amidine groups is 1. The summed E-state index contributed by atoms with van der Waals surface area (Å²) in [6.45, 7) is 2.56. The smallest absolute Gasteiger partial charge is 0.264 e. The number of carbonyl (C=O) groups is 1. The van der Waals surface area contributed by atoms with E-state index in [0.717, 1.165) is 29.3 Å². The summed E-state index contributed by atoms with van der Waals surface area (Å²) in [5.41, 5.74) is 0.922. The first kappa shape index (κ1) is 16.1. The topological polar surface area (TPSA) is 50.7 Å². The third-order valence-corrected chi connectivity index (χ3v) is 4.95. The van der Waals surface area contributed by atoms with E-state index < -0.39 is 0 Å². The van der Waals surface area contributed by atoms with Gasteiger partial charge in [-0.15, -0.1) is 0 Å². The molecule has 1 aromatic carbocycles. The first-order valence-corrected chi connectivity index (χ1v) is 9.08. The zero-order chi connectivity index (χ0) is 16.1. The van der Waals surface area contributed by atoms with E-state index in [1.807, 2.05) is 37.3 Å². The molecule has 0 spiro atoms. The van der Waals surface area contributed by atoms with E-state index in [9.17, 15) is 4.79 Å². The maximum atomic E-state index is 12.2. The molecule has 1 saturated carbocycles. The summed E-state index contributed by atoms with van der Waals surface area (Å²) in [4.78, 5) is 17.6. The molecule has 1 aliphatic heterocycles. The van der Waals surface area contributed by atoms with Crippen LogP contribution in [0.3, 0.4) is 0 Å². The molecular formula is C18H22N2O2S. The predicted molar refractivity (Wildman–Crippen MR) is 95.6 cm³/mol. The predicted octanol–water partition coefficient (Wildman–Crippen LogP) is 3.98. The van der Waals surface area contributed by atoms with Crippen molar-refractivity contribution in [1.82, 2.24) is 5.32 Å². The number of nitrogens with one attached hydrogen (secondary N) is 1. The fourth-order valence-electron chi connectivity index (χ4n) is 2.89. The Bertz CT molecular complexity index is 634. The summed E-state index contributed by atoms with van der Waals surface area (Å²) in [5.74, 6) is 0.726. The number of hydrogen-bond acceptors (Lipinski definition) is 4. The van der Waals surface area contributed by atoms with Crippen LogP contribution < -0.4 is 10.1 Å². The van der Waals surface area contributed by atoms with E-state index in [2.05, 4.69) is 5.32 Å². The molecule has 1 aliphatic carbocycles. The van der Waals surface area contributed by atoms with Crippen LogP contribution in [0.5, 0.6) is 5.75 Å². The fraction of sp³-hybridized carbons (Fsp3) is 0.444. The molecule has 1 saturated heterocycles. The highest BCUT2D eigenvalue weighted by molar-refractivity contribution is 8.18. The van der Waals surface area contributed by atoms with Crippen LogP contribution in [0.15, 0.2) is 34.2 Å². The minimum absolute atomic E-state index is 0.0733. The van der Waals surface area contributed by atoms with E-state index in [1.165, 1.54) is 31.0 Å². The molecule has 122 valence electrons. The van der Waals surface area contributed by atoms with Gasteiger partial charge >= 0.3 is 0 Å². The van der Waals surface area contributed by atoms with Gasteiger partial charge in [-0.25, -0.2) is 0 Å². The molecule has 3 rings (SSSR count). The first-order chi connectivity index (χ1) is 11.3. The summed E-state index contributed by atoms with van der Waals surface area (Å²) in [6, 6.07) is 8.13. The van der Waals surface area contributed by atoms with E-state index >= 15 is 0 Å². The minimum Gasteiger partial charge on any atom is -0.493 e. The van der Waals surface area contributed by atoms with Crippen molar-refractivity contribution in [3.8, 4) is 5.75 Å². The van der Waals surface area contributed by atoms with Crippen LogP contribution in [0.4, 0.5) is 0 Å². The second-order valence-corrected chi connectivity index (χ2v) is 6.79. The number of para-hydroxylation sites is 1. The molecule has 2 aliphatic rings. The zero-order valence-electron chi connectivity index (χ0n) is 13.4. The highest BCUT2D eigenvalue weighted by atomic mass is 32.2. The number of thioether (sulfide) groups is 1. The minimum atomic E-state index is -0.0733. The quantitative estimate of drug-likeness (QED) is 0.850. The average molecular weight is 330 g/mol. The van der Waals surface area contributed by atoms with E-state index in [4.69, 9.17) is 9.73 Å². The summed E-state index contributed by atoms with van der Waals surface area (Å²) in [6.07, 6.45) is 7.93. The normalized spacial score (nSPS) is 22.6. The van der Waals surface area contributed by atoms with Gasteiger partial charge < -0.3 is 10.1 Å². The second kappa shape index (κ2) is 7.68. The molecule has 23 heavy (non-hydrogen) atoms. The zero-order valence-corrected chi connectivity index (χ0v) is 14.2. The number of benzene rings is 1. The van der Waals surface area contributed by atoms with Crippen molar-refractivity contribution in [3.63, 3.8) is 0 Å². The lowest BCUT2D eigenvalue weighted by Gasteiger charge is -2.17. The number of rotatable bonds is 4. The van der Waals surface area contributed by atoms with Crippen molar-refractivity contribution in [3.05, 3.63) is 34.7 Å². The van der Waals surface area contributed by atoms with Crippen LogP contribution >= 0.6 is 11.8 Å². The van der Waals surface area contributed by atoms with Gasteiger partial charge in [-0.2, -0.15) is 0 Å². The highest BCUT2D eigenvalue weighted by Gasteiger charge is 2.25. The maximum absolute atomic E-state index is 12.2. The molecule has 4 nitrogen and oxygen atoms in total. The third kappa shape index (κ3) is 4.16. The SMILES string of the molecule is CCOc1ccccc1C=C1SC(=NC2CCCCC2)NC1=O.